The molecule has 0 unspecified atom stereocenters. The van der Waals surface area contributed by atoms with E-state index in [9.17, 15) is 9.59 Å². The number of likely N-dealkylation sites (tertiary alicyclic amines) is 1. The third-order valence-corrected chi connectivity index (χ3v) is 5.05. The minimum atomic E-state index is -0.110. The van der Waals surface area contributed by atoms with Crippen molar-refractivity contribution in [2.45, 2.75) is 38.6 Å². The standard InChI is InChI=1S/C19H22N6O2/c1-13-21-18(23-22-13)14-5-4-9-24(11-14)17(26)8-10-25-12-20-16-7-3-2-6-15(16)19(25)27/h2-3,6-7,12,14H,4-5,8-11H2,1H3,(H,21,22,23)/t14-/m1/s1. The zero-order valence-electron chi connectivity index (χ0n) is 15.3. The number of hydrogen-bond acceptors (Lipinski definition) is 5. The molecule has 0 aliphatic carbocycles. The first-order valence-corrected chi connectivity index (χ1v) is 9.22. The molecule has 8 nitrogen and oxygen atoms in total. The normalized spacial score (nSPS) is 17.4. The lowest BCUT2D eigenvalue weighted by Crippen LogP contribution is -2.40. The van der Waals surface area contributed by atoms with Gasteiger partial charge in [0.05, 0.1) is 17.2 Å². The molecule has 1 fully saturated rings. The smallest absolute Gasteiger partial charge is 0.261 e. The summed E-state index contributed by atoms with van der Waals surface area (Å²) >= 11 is 0. The summed E-state index contributed by atoms with van der Waals surface area (Å²) in [6, 6.07) is 7.24. The number of nitrogens with one attached hydrogen (secondary N) is 1. The van der Waals surface area contributed by atoms with Crippen LogP contribution in [0.5, 0.6) is 0 Å². The van der Waals surface area contributed by atoms with Gasteiger partial charge in [-0.2, -0.15) is 5.10 Å². The highest BCUT2D eigenvalue weighted by atomic mass is 16.2. The van der Waals surface area contributed by atoms with Gasteiger partial charge in [-0.25, -0.2) is 9.97 Å². The van der Waals surface area contributed by atoms with E-state index in [1.807, 2.05) is 30.0 Å². The van der Waals surface area contributed by atoms with Gasteiger partial charge in [-0.1, -0.05) is 12.1 Å². The maximum absolute atomic E-state index is 12.7. The fourth-order valence-corrected chi connectivity index (χ4v) is 3.60. The number of aryl methyl sites for hydroxylation is 2. The van der Waals surface area contributed by atoms with Crippen LogP contribution in [0.1, 0.15) is 36.8 Å². The van der Waals surface area contributed by atoms with Gasteiger partial charge in [-0.05, 0) is 31.9 Å². The second kappa shape index (κ2) is 7.30. The highest BCUT2D eigenvalue weighted by Crippen LogP contribution is 2.24. The highest BCUT2D eigenvalue weighted by Gasteiger charge is 2.27. The average Bonchev–Trinajstić information content (AvgIpc) is 3.14. The number of hydrogen-bond donors (Lipinski definition) is 1. The second-order valence-electron chi connectivity index (χ2n) is 6.97. The number of amides is 1. The number of para-hydroxylation sites is 1. The summed E-state index contributed by atoms with van der Waals surface area (Å²) < 4.78 is 1.51. The summed E-state index contributed by atoms with van der Waals surface area (Å²) in [5.41, 5.74) is 0.562. The molecule has 2 aromatic heterocycles. The predicted molar refractivity (Wildman–Crippen MR) is 100 cm³/mol. The predicted octanol–water partition coefficient (Wildman–Crippen LogP) is 1.62. The Labute approximate surface area is 156 Å². The fourth-order valence-electron chi connectivity index (χ4n) is 3.60. The van der Waals surface area contributed by atoms with Crippen molar-refractivity contribution in [1.29, 1.82) is 0 Å². The Morgan fingerprint density at radius 2 is 2.19 bits per heavy atom. The van der Waals surface area contributed by atoms with Gasteiger partial charge in [0.15, 0.2) is 5.82 Å². The Balaban J connectivity index is 1.42. The Morgan fingerprint density at radius 3 is 3.00 bits per heavy atom. The summed E-state index contributed by atoms with van der Waals surface area (Å²) in [4.78, 5) is 35.8. The SMILES string of the molecule is Cc1nc([C@@H]2CCCN(C(=O)CCn3cnc4ccccc4c3=O)C2)n[nH]1. The molecule has 1 amide bonds. The summed E-state index contributed by atoms with van der Waals surface area (Å²) in [5, 5.41) is 7.68. The summed E-state index contributed by atoms with van der Waals surface area (Å²) in [5.74, 6) is 1.78. The van der Waals surface area contributed by atoms with Crippen molar-refractivity contribution < 1.29 is 4.79 Å². The van der Waals surface area contributed by atoms with Gasteiger partial charge in [0.1, 0.15) is 5.82 Å². The lowest BCUT2D eigenvalue weighted by molar-refractivity contribution is -0.132. The Hall–Kier alpha value is -3.03. The van der Waals surface area contributed by atoms with Gasteiger partial charge in [-0.15, -0.1) is 0 Å². The number of aromatic amines is 1. The number of carbonyl (C=O) groups is 1. The number of piperidine rings is 1. The van der Waals surface area contributed by atoms with E-state index >= 15 is 0 Å². The number of carbonyl (C=O) groups excluding carboxylic acids is 1. The first kappa shape index (κ1) is 17.4. The molecule has 1 N–H and O–H groups in total. The van der Waals surface area contributed by atoms with E-state index in [-0.39, 0.29) is 23.8 Å². The molecule has 4 rings (SSSR count). The third kappa shape index (κ3) is 3.60. The Morgan fingerprint density at radius 1 is 1.33 bits per heavy atom. The van der Waals surface area contributed by atoms with Crippen LogP contribution >= 0.6 is 0 Å². The van der Waals surface area contributed by atoms with Gasteiger partial charge < -0.3 is 4.90 Å². The Bertz CT molecular complexity index is 1020. The lowest BCUT2D eigenvalue weighted by Gasteiger charge is -2.31. The fraction of sp³-hybridized carbons (Fsp3) is 0.421. The number of benzene rings is 1. The number of nitrogens with zero attached hydrogens (tertiary/aromatic N) is 5. The molecule has 1 atom stereocenters. The van der Waals surface area contributed by atoms with Crippen LogP contribution in [0.2, 0.25) is 0 Å². The molecule has 0 spiro atoms. The quantitative estimate of drug-likeness (QED) is 0.757. The molecule has 0 bridgehead atoms. The molecular formula is C19H22N6O2. The van der Waals surface area contributed by atoms with Gasteiger partial charge in [0, 0.05) is 32.0 Å². The zero-order valence-corrected chi connectivity index (χ0v) is 15.3. The molecule has 1 aliphatic heterocycles. The summed E-state index contributed by atoms with van der Waals surface area (Å²) in [6.07, 6.45) is 3.71. The van der Waals surface area contributed by atoms with E-state index < -0.39 is 0 Å². The van der Waals surface area contributed by atoms with Crippen molar-refractivity contribution in [2.75, 3.05) is 13.1 Å². The number of aromatic nitrogens is 5. The number of H-pyrrole nitrogens is 1. The number of rotatable bonds is 4. The first-order chi connectivity index (χ1) is 13.1. The van der Waals surface area contributed by atoms with Gasteiger partial charge in [-0.3, -0.25) is 19.3 Å². The first-order valence-electron chi connectivity index (χ1n) is 9.22. The van der Waals surface area contributed by atoms with Gasteiger partial charge >= 0.3 is 0 Å². The van der Waals surface area contributed by atoms with Crippen molar-refractivity contribution >= 4 is 16.8 Å². The Kier molecular flexibility index (Phi) is 4.70. The van der Waals surface area contributed by atoms with E-state index in [2.05, 4.69) is 20.2 Å². The molecule has 1 aromatic carbocycles. The maximum atomic E-state index is 12.7. The second-order valence-corrected chi connectivity index (χ2v) is 6.97. The largest absolute Gasteiger partial charge is 0.342 e. The van der Waals surface area contributed by atoms with Crippen LogP contribution in [0.3, 0.4) is 0 Å². The minimum Gasteiger partial charge on any atom is -0.342 e. The maximum Gasteiger partial charge on any atom is 0.261 e. The van der Waals surface area contributed by atoms with Crippen molar-refractivity contribution in [3.05, 3.63) is 52.6 Å². The van der Waals surface area contributed by atoms with Crippen LogP contribution < -0.4 is 5.56 Å². The zero-order chi connectivity index (χ0) is 18.8. The molecular weight excluding hydrogens is 344 g/mol. The topological polar surface area (TPSA) is 96.8 Å². The minimum absolute atomic E-state index is 0.0482. The summed E-state index contributed by atoms with van der Waals surface area (Å²) in [6.45, 7) is 3.57. The highest BCUT2D eigenvalue weighted by molar-refractivity contribution is 5.77. The molecule has 1 aliphatic rings. The van der Waals surface area contributed by atoms with E-state index in [0.717, 1.165) is 31.0 Å². The van der Waals surface area contributed by atoms with Crippen LogP contribution in [0, 0.1) is 6.92 Å². The molecule has 8 heteroatoms. The third-order valence-electron chi connectivity index (χ3n) is 5.05. The van der Waals surface area contributed by atoms with Crippen LogP contribution in [-0.2, 0) is 11.3 Å². The van der Waals surface area contributed by atoms with Crippen molar-refractivity contribution in [1.82, 2.24) is 29.6 Å². The van der Waals surface area contributed by atoms with E-state index in [1.165, 1.54) is 10.9 Å². The molecule has 140 valence electrons. The molecule has 27 heavy (non-hydrogen) atoms. The summed E-state index contributed by atoms with van der Waals surface area (Å²) in [7, 11) is 0. The average molecular weight is 366 g/mol. The van der Waals surface area contributed by atoms with Gasteiger partial charge in [0.25, 0.3) is 5.56 Å². The van der Waals surface area contributed by atoms with E-state index in [1.54, 1.807) is 6.07 Å². The molecule has 3 aromatic rings. The van der Waals surface area contributed by atoms with Crippen molar-refractivity contribution in [3.63, 3.8) is 0 Å². The van der Waals surface area contributed by atoms with Gasteiger partial charge in [0.2, 0.25) is 5.91 Å². The molecule has 3 heterocycles. The number of fused-ring (bicyclic) bond motifs is 1. The van der Waals surface area contributed by atoms with Crippen molar-refractivity contribution in [2.24, 2.45) is 0 Å². The van der Waals surface area contributed by atoms with Crippen LogP contribution in [0.4, 0.5) is 0 Å². The van der Waals surface area contributed by atoms with Crippen molar-refractivity contribution in [3.8, 4) is 0 Å². The molecule has 0 saturated carbocycles. The van der Waals surface area contributed by atoms with Crippen LogP contribution in [0.15, 0.2) is 35.4 Å². The van der Waals surface area contributed by atoms with Crippen LogP contribution in [0.25, 0.3) is 10.9 Å². The van der Waals surface area contributed by atoms with Crippen LogP contribution in [-0.4, -0.2) is 48.6 Å². The lowest BCUT2D eigenvalue weighted by atomic mass is 9.97. The van der Waals surface area contributed by atoms with E-state index in [4.69, 9.17) is 0 Å². The molecule has 0 radical (unpaired) electrons. The monoisotopic (exact) mass is 366 g/mol. The van der Waals surface area contributed by atoms with E-state index in [0.29, 0.717) is 24.0 Å². The molecule has 1 saturated heterocycles.